The fraction of sp³-hybridized carbons (Fsp3) is 0.333. The zero-order valence-electron chi connectivity index (χ0n) is 7.77. The van der Waals surface area contributed by atoms with Crippen LogP contribution in [-0.2, 0) is 6.61 Å². The van der Waals surface area contributed by atoms with Crippen molar-refractivity contribution in [2.24, 2.45) is 0 Å². The molecule has 0 amide bonds. The highest BCUT2D eigenvalue weighted by molar-refractivity contribution is 5.48. The third kappa shape index (κ3) is 2.00. The van der Waals surface area contributed by atoms with Gasteiger partial charge in [0.05, 0.1) is 23.7 Å². The maximum absolute atomic E-state index is 10.6. The largest absolute Gasteiger partial charge is 0.493 e. The smallest absolute Gasteiger partial charge is 0.278 e. The second-order valence-electron chi connectivity index (χ2n) is 2.60. The van der Waals surface area contributed by atoms with E-state index in [1.165, 1.54) is 12.1 Å². The van der Waals surface area contributed by atoms with E-state index >= 15 is 0 Å². The molecule has 0 aliphatic carbocycles. The van der Waals surface area contributed by atoms with Crippen LogP contribution in [0.25, 0.3) is 0 Å². The van der Waals surface area contributed by atoms with E-state index in [0.717, 1.165) is 0 Å². The van der Waals surface area contributed by atoms with Gasteiger partial charge in [0, 0.05) is 6.07 Å². The van der Waals surface area contributed by atoms with Crippen molar-refractivity contribution in [2.45, 2.75) is 13.5 Å². The summed E-state index contributed by atoms with van der Waals surface area (Å²) in [5.41, 5.74) is 0.109. The SMILES string of the molecule is CCOc1cccc([N+](=O)[O-])c1CO. The van der Waals surface area contributed by atoms with Gasteiger partial charge in [-0.1, -0.05) is 6.07 Å². The maximum Gasteiger partial charge on any atom is 0.278 e. The van der Waals surface area contributed by atoms with Crippen LogP contribution in [0.15, 0.2) is 18.2 Å². The summed E-state index contributed by atoms with van der Waals surface area (Å²) in [6, 6.07) is 4.47. The summed E-state index contributed by atoms with van der Waals surface area (Å²) in [5, 5.41) is 19.6. The molecule has 1 aromatic rings. The molecule has 14 heavy (non-hydrogen) atoms. The zero-order chi connectivity index (χ0) is 10.6. The summed E-state index contributed by atoms with van der Waals surface area (Å²) in [6.45, 7) is 1.79. The van der Waals surface area contributed by atoms with Crippen LogP contribution in [0, 0.1) is 10.1 Å². The summed E-state index contributed by atoms with van der Waals surface area (Å²) >= 11 is 0. The van der Waals surface area contributed by atoms with Gasteiger partial charge in [-0.3, -0.25) is 10.1 Å². The number of nitrogens with zero attached hydrogens (tertiary/aromatic N) is 1. The van der Waals surface area contributed by atoms with Crippen LogP contribution >= 0.6 is 0 Å². The first-order valence-corrected chi connectivity index (χ1v) is 4.20. The molecule has 0 heterocycles. The molecule has 1 aromatic carbocycles. The second-order valence-corrected chi connectivity index (χ2v) is 2.60. The third-order valence-electron chi connectivity index (χ3n) is 1.76. The highest BCUT2D eigenvalue weighted by atomic mass is 16.6. The van der Waals surface area contributed by atoms with Gasteiger partial charge in [-0.05, 0) is 13.0 Å². The van der Waals surface area contributed by atoms with Gasteiger partial charge >= 0.3 is 0 Å². The summed E-state index contributed by atoms with van der Waals surface area (Å²) in [7, 11) is 0. The molecular weight excluding hydrogens is 186 g/mol. The molecule has 0 saturated heterocycles. The molecule has 5 nitrogen and oxygen atoms in total. The molecule has 0 aromatic heterocycles. The van der Waals surface area contributed by atoms with Gasteiger partial charge in [0.1, 0.15) is 5.75 Å². The number of rotatable bonds is 4. The van der Waals surface area contributed by atoms with Gasteiger partial charge in [-0.15, -0.1) is 0 Å². The first-order valence-electron chi connectivity index (χ1n) is 4.20. The molecule has 0 radical (unpaired) electrons. The van der Waals surface area contributed by atoms with Crippen molar-refractivity contribution in [3.05, 3.63) is 33.9 Å². The average molecular weight is 197 g/mol. The molecular formula is C9H11NO4. The van der Waals surface area contributed by atoms with Crippen LogP contribution in [-0.4, -0.2) is 16.6 Å². The molecule has 0 bridgehead atoms. The maximum atomic E-state index is 10.6. The van der Waals surface area contributed by atoms with Gasteiger partial charge in [0.25, 0.3) is 5.69 Å². The summed E-state index contributed by atoms with van der Waals surface area (Å²) in [6.07, 6.45) is 0. The Morgan fingerprint density at radius 3 is 2.79 bits per heavy atom. The Labute approximate surface area is 81.1 Å². The number of hydrogen-bond donors (Lipinski definition) is 1. The summed E-state index contributed by atoms with van der Waals surface area (Å²) in [4.78, 5) is 10.0. The number of benzene rings is 1. The Morgan fingerprint density at radius 2 is 2.29 bits per heavy atom. The van der Waals surface area contributed by atoms with E-state index in [2.05, 4.69) is 0 Å². The van der Waals surface area contributed by atoms with Gasteiger partial charge in [-0.25, -0.2) is 0 Å². The van der Waals surface area contributed by atoms with Crippen LogP contribution in [0.4, 0.5) is 5.69 Å². The predicted octanol–water partition coefficient (Wildman–Crippen LogP) is 1.49. The van der Waals surface area contributed by atoms with Crippen molar-refractivity contribution < 1.29 is 14.8 Å². The summed E-state index contributed by atoms with van der Waals surface area (Å²) in [5.74, 6) is 0.365. The van der Waals surface area contributed by atoms with Gasteiger partial charge in [0.2, 0.25) is 0 Å². The first-order chi connectivity index (χ1) is 6.70. The van der Waals surface area contributed by atoms with Crippen molar-refractivity contribution in [1.82, 2.24) is 0 Å². The monoisotopic (exact) mass is 197 g/mol. The Morgan fingerprint density at radius 1 is 1.57 bits per heavy atom. The van der Waals surface area contributed by atoms with Crippen molar-refractivity contribution in [2.75, 3.05) is 6.61 Å². The third-order valence-corrected chi connectivity index (χ3v) is 1.76. The molecule has 0 unspecified atom stereocenters. The minimum absolute atomic E-state index is 0.113. The van der Waals surface area contributed by atoms with Crippen LogP contribution in [0.5, 0.6) is 5.75 Å². The highest BCUT2D eigenvalue weighted by Crippen LogP contribution is 2.27. The minimum atomic E-state index is -0.534. The van der Waals surface area contributed by atoms with Crippen molar-refractivity contribution in [1.29, 1.82) is 0 Å². The van der Waals surface area contributed by atoms with Crippen molar-refractivity contribution in [3.63, 3.8) is 0 Å². The molecule has 0 aliphatic rings. The predicted molar refractivity (Wildman–Crippen MR) is 50.2 cm³/mol. The lowest BCUT2D eigenvalue weighted by atomic mass is 10.1. The lowest BCUT2D eigenvalue weighted by molar-refractivity contribution is -0.385. The Bertz CT molecular complexity index is 338. The molecule has 0 aliphatic heterocycles. The van der Waals surface area contributed by atoms with Crippen molar-refractivity contribution >= 4 is 5.69 Å². The number of nitro benzene ring substituents is 1. The lowest BCUT2D eigenvalue weighted by Crippen LogP contribution is -2.00. The lowest BCUT2D eigenvalue weighted by Gasteiger charge is -2.07. The fourth-order valence-corrected chi connectivity index (χ4v) is 1.17. The van der Waals surface area contributed by atoms with Crippen LogP contribution < -0.4 is 4.74 Å². The highest BCUT2D eigenvalue weighted by Gasteiger charge is 2.16. The number of nitro groups is 1. The van der Waals surface area contributed by atoms with E-state index < -0.39 is 11.5 Å². The molecule has 1 rings (SSSR count). The molecule has 0 spiro atoms. The number of aliphatic hydroxyl groups excluding tert-OH is 1. The first kappa shape index (κ1) is 10.5. The van der Waals surface area contributed by atoms with E-state index in [0.29, 0.717) is 12.4 Å². The van der Waals surface area contributed by atoms with Crippen molar-refractivity contribution in [3.8, 4) is 5.75 Å². The van der Waals surface area contributed by atoms with Gasteiger partial charge < -0.3 is 9.84 Å². The van der Waals surface area contributed by atoms with E-state index in [-0.39, 0.29) is 11.3 Å². The van der Waals surface area contributed by atoms with E-state index in [9.17, 15) is 10.1 Å². The van der Waals surface area contributed by atoms with Crippen LogP contribution in [0.1, 0.15) is 12.5 Å². The molecule has 5 heteroatoms. The molecule has 1 N–H and O–H groups in total. The van der Waals surface area contributed by atoms with E-state index in [1.54, 1.807) is 13.0 Å². The molecule has 76 valence electrons. The van der Waals surface area contributed by atoms with Gasteiger partial charge in [0.15, 0.2) is 0 Å². The zero-order valence-corrected chi connectivity index (χ0v) is 7.77. The standard InChI is InChI=1S/C9H11NO4/c1-2-14-9-5-3-4-8(10(12)13)7(9)6-11/h3-5,11H,2,6H2,1H3. The number of ether oxygens (including phenoxy) is 1. The number of aliphatic hydroxyl groups is 1. The van der Waals surface area contributed by atoms with Gasteiger partial charge in [-0.2, -0.15) is 0 Å². The normalized spacial score (nSPS) is 9.86. The topological polar surface area (TPSA) is 72.6 Å². The quantitative estimate of drug-likeness (QED) is 0.586. The molecule has 0 atom stereocenters. The fourth-order valence-electron chi connectivity index (χ4n) is 1.17. The van der Waals surface area contributed by atoms with E-state index in [4.69, 9.17) is 9.84 Å². The second kappa shape index (κ2) is 4.57. The Kier molecular flexibility index (Phi) is 3.41. The molecule has 0 saturated carbocycles. The average Bonchev–Trinajstić information content (AvgIpc) is 2.18. The van der Waals surface area contributed by atoms with Crippen LogP contribution in [0.3, 0.4) is 0 Å². The Balaban J connectivity index is 3.17. The summed E-state index contributed by atoms with van der Waals surface area (Å²) < 4.78 is 5.15. The van der Waals surface area contributed by atoms with E-state index in [1.807, 2.05) is 0 Å². The number of hydrogen-bond acceptors (Lipinski definition) is 4. The van der Waals surface area contributed by atoms with Crippen LogP contribution in [0.2, 0.25) is 0 Å². The minimum Gasteiger partial charge on any atom is -0.493 e. The Hall–Kier alpha value is -1.62. The molecule has 0 fully saturated rings.